The van der Waals surface area contributed by atoms with E-state index in [1.54, 1.807) is 0 Å². The zero-order valence-electron chi connectivity index (χ0n) is 7.98. The fourth-order valence-corrected chi connectivity index (χ4v) is 2.02. The minimum Gasteiger partial charge on any atom is -0.314 e. The Bertz CT molecular complexity index is 110. The highest BCUT2D eigenvalue weighted by Gasteiger charge is 2.20. The van der Waals surface area contributed by atoms with Crippen molar-refractivity contribution in [3.05, 3.63) is 0 Å². The fourth-order valence-electron chi connectivity index (χ4n) is 2.02. The first-order valence-electron chi connectivity index (χ1n) is 5.14. The summed E-state index contributed by atoms with van der Waals surface area (Å²) in [6.45, 7) is 2.88. The Hall–Kier alpha value is -0.110. The lowest BCUT2D eigenvalue weighted by Crippen LogP contribution is -2.33. The van der Waals surface area contributed by atoms with E-state index >= 15 is 0 Å². The molecule has 1 N–H and O–H groups in total. The molecule has 1 rings (SSSR count). The van der Waals surface area contributed by atoms with Crippen molar-refractivity contribution in [2.75, 3.05) is 13.2 Å². The highest BCUT2D eigenvalue weighted by molar-refractivity contribution is 4.76. The summed E-state index contributed by atoms with van der Waals surface area (Å²) in [5.41, 5.74) is 0. The molecule has 1 atom stereocenters. The second-order valence-corrected chi connectivity index (χ2v) is 3.83. The monoisotopic (exact) mass is 173 g/mol. The van der Waals surface area contributed by atoms with Crippen molar-refractivity contribution in [1.82, 2.24) is 5.32 Å². The molecule has 0 spiro atoms. The Labute approximate surface area is 74.7 Å². The van der Waals surface area contributed by atoms with E-state index < -0.39 is 0 Å². The molecule has 0 aromatic rings. The first-order valence-corrected chi connectivity index (χ1v) is 5.14. The normalized spacial score (nSPS) is 21.5. The zero-order chi connectivity index (χ0) is 8.81. The minimum atomic E-state index is -0.190. The lowest BCUT2D eigenvalue weighted by atomic mass is 10.00. The van der Waals surface area contributed by atoms with Crippen LogP contribution >= 0.6 is 0 Å². The highest BCUT2D eigenvalue weighted by Crippen LogP contribution is 2.27. The highest BCUT2D eigenvalue weighted by atomic mass is 19.1. The van der Waals surface area contributed by atoms with Crippen molar-refractivity contribution >= 4 is 0 Å². The van der Waals surface area contributed by atoms with E-state index in [0.29, 0.717) is 12.5 Å². The Morgan fingerprint density at radius 1 is 1.42 bits per heavy atom. The molecule has 72 valence electrons. The molecule has 1 nitrogen and oxygen atoms in total. The van der Waals surface area contributed by atoms with Gasteiger partial charge in [0.2, 0.25) is 0 Å². The Morgan fingerprint density at radius 3 is 2.67 bits per heavy atom. The molecule has 0 radical (unpaired) electrons. The van der Waals surface area contributed by atoms with Gasteiger partial charge in [-0.1, -0.05) is 12.8 Å². The van der Waals surface area contributed by atoms with Crippen LogP contribution in [0.2, 0.25) is 0 Å². The fraction of sp³-hybridized carbons (Fsp3) is 1.00. The summed E-state index contributed by atoms with van der Waals surface area (Å²) < 4.78 is 11.8. The van der Waals surface area contributed by atoms with Crippen molar-refractivity contribution in [1.29, 1.82) is 0 Å². The van der Waals surface area contributed by atoms with Gasteiger partial charge in [-0.2, -0.15) is 0 Å². The molecule has 0 unspecified atom stereocenters. The molecule has 0 saturated heterocycles. The SMILES string of the molecule is C[C@@H](NCCCF)C1CCCC1. The molecule has 12 heavy (non-hydrogen) atoms. The van der Waals surface area contributed by atoms with Gasteiger partial charge >= 0.3 is 0 Å². The smallest absolute Gasteiger partial charge is 0.0906 e. The van der Waals surface area contributed by atoms with Crippen LogP contribution in [0.15, 0.2) is 0 Å². The second kappa shape index (κ2) is 5.52. The van der Waals surface area contributed by atoms with Crippen LogP contribution in [-0.4, -0.2) is 19.3 Å². The van der Waals surface area contributed by atoms with Crippen molar-refractivity contribution in [3.63, 3.8) is 0 Å². The van der Waals surface area contributed by atoms with Gasteiger partial charge in [-0.3, -0.25) is 4.39 Å². The molecule has 0 aliphatic heterocycles. The molecule has 1 aliphatic rings. The minimum absolute atomic E-state index is 0.190. The summed E-state index contributed by atoms with van der Waals surface area (Å²) in [7, 11) is 0. The van der Waals surface area contributed by atoms with Crippen LogP contribution in [-0.2, 0) is 0 Å². The van der Waals surface area contributed by atoms with Crippen LogP contribution in [0.4, 0.5) is 4.39 Å². The lowest BCUT2D eigenvalue weighted by Gasteiger charge is -2.19. The van der Waals surface area contributed by atoms with Gasteiger partial charge in [0.15, 0.2) is 0 Å². The third-order valence-electron chi connectivity index (χ3n) is 2.88. The van der Waals surface area contributed by atoms with Crippen LogP contribution in [0.5, 0.6) is 0 Å². The summed E-state index contributed by atoms with van der Waals surface area (Å²) in [5, 5.41) is 3.39. The van der Waals surface area contributed by atoms with E-state index in [4.69, 9.17) is 0 Å². The van der Waals surface area contributed by atoms with Crippen LogP contribution in [0.1, 0.15) is 39.0 Å². The van der Waals surface area contributed by atoms with Crippen LogP contribution < -0.4 is 5.32 Å². The topological polar surface area (TPSA) is 12.0 Å². The number of hydrogen-bond donors (Lipinski definition) is 1. The average Bonchev–Trinajstić information content (AvgIpc) is 2.56. The molecular formula is C10H20FN. The third kappa shape index (κ3) is 3.10. The molecular weight excluding hydrogens is 153 g/mol. The summed E-state index contributed by atoms with van der Waals surface area (Å²) in [6.07, 6.45) is 6.17. The molecule has 0 bridgehead atoms. The van der Waals surface area contributed by atoms with Gasteiger partial charge in [0.05, 0.1) is 6.67 Å². The van der Waals surface area contributed by atoms with Crippen LogP contribution in [0.25, 0.3) is 0 Å². The third-order valence-corrected chi connectivity index (χ3v) is 2.88. The van der Waals surface area contributed by atoms with E-state index in [9.17, 15) is 4.39 Å². The summed E-state index contributed by atoms with van der Waals surface area (Å²) in [6, 6.07) is 0.596. The first-order chi connectivity index (χ1) is 5.84. The summed E-state index contributed by atoms with van der Waals surface area (Å²) >= 11 is 0. The van der Waals surface area contributed by atoms with Crippen molar-refractivity contribution < 1.29 is 4.39 Å². The molecule has 0 heterocycles. The maximum Gasteiger partial charge on any atom is 0.0906 e. The summed E-state index contributed by atoms with van der Waals surface area (Å²) in [5.74, 6) is 0.851. The standard InChI is InChI=1S/C10H20FN/c1-9(12-8-4-7-11)10-5-2-3-6-10/h9-10,12H,2-8H2,1H3/t9-/m1/s1. The Morgan fingerprint density at radius 2 is 2.08 bits per heavy atom. The molecule has 2 heteroatoms. The first kappa shape index (κ1) is 9.97. The van der Waals surface area contributed by atoms with E-state index in [0.717, 1.165) is 12.5 Å². The van der Waals surface area contributed by atoms with Gasteiger partial charge in [0, 0.05) is 6.04 Å². The number of nitrogens with one attached hydrogen (secondary N) is 1. The average molecular weight is 173 g/mol. The largest absolute Gasteiger partial charge is 0.314 e. The van der Waals surface area contributed by atoms with E-state index in [1.807, 2.05) is 0 Å². The van der Waals surface area contributed by atoms with E-state index in [-0.39, 0.29) is 6.67 Å². The molecule has 1 aliphatic carbocycles. The number of hydrogen-bond acceptors (Lipinski definition) is 1. The molecule has 1 saturated carbocycles. The molecule has 0 amide bonds. The molecule has 1 fully saturated rings. The van der Waals surface area contributed by atoms with Crippen molar-refractivity contribution in [2.45, 2.75) is 45.1 Å². The van der Waals surface area contributed by atoms with Gasteiger partial charge in [-0.25, -0.2) is 0 Å². The number of halogens is 1. The van der Waals surface area contributed by atoms with Gasteiger partial charge in [0.1, 0.15) is 0 Å². The quantitative estimate of drug-likeness (QED) is 0.630. The van der Waals surface area contributed by atoms with E-state index in [1.165, 1.54) is 25.7 Å². The predicted molar refractivity (Wildman–Crippen MR) is 50.0 cm³/mol. The molecule has 0 aromatic heterocycles. The second-order valence-electron chi connectivity index (χ2n) is 3.83. The summed E-state index contributed by atoms with van der Waals surface area (Å²) in [4.78, 5) is 0. The van der Waals surface area contributed by atoms with Crippen molar-refractivity contribution in [2.24, 2.45) is 5.92 Å². The predicted octanol–water partition coefficient (Wildman–Crippen LogP) is 2.51. The zero-order valence-corrected chi connectivity index (χ0v) is 7.98. The Balaban J connectivity index is 2.05. The van der Waals surface area contributed by atoms with Gasteiger partial charge in [-0.15, -0.1) is 0 Å². The number of alkyl halides is 1. The maximum atomic E-state index is 11.8. The van der Waals surface area contributed by atoms with Gasteiger partial charge in [-0.05, 0) is 38.6 Å². The van der Waals surface area contributed by atoms with Gasteiger partial charge < -0.3 is 5.32 Å². The van der Waals surface area contributed by atoms with E-state index in [2.05, 4.69) is 12.2 Å². The van der Waals surface area contributed by atoms with Crippen LogP contribution in [0, 0.1) is 5.92 Å². The van der Waals surface area contributed by atoms with Crippen LogP contribution in [0.3, 0.4) is 0 Å². The molecule has 0 aromatic carbocycles. The van der Waals surface area contributed by atoms with Crippen molar-refractivity contribution in [3.8, 4) is 0 Å². The lowest BCUT2D eigenvalue weighted by molar-refractivity contribution is 0.367. The maximum absolute atomic E-state index is 11.8. The number of rotatable bonds is 5. The van der Waals surface area contributed by atoms with Gasteiger partial charge in [0.25, 0.3) is 0 Å². The Kier molecular flexibility index (Phi) is 4.59.